The topological polar surface area (TPSA) is 91.1 Å². The standard InChI is InChI=1S/C15H22N2O5/c1-5-17(6-2)12(18)8-16(4)15(21)14-10(3)9-22-11(14)7-13(19)20/h9H,5-8H2,1-4H3,(H,19,20). The third kappa shape index (κ3) is 4.09. The first-order valence-corrected chi connectivity index (χ1v) is 7.13. The van der Waals surface area contributed by atoms with Crippen LogP contribution in [0, 0.1) is 6.92 Å². The van der Waals surface area contributed by atoms with Crippen LogP contribution >= 0.6 is 0 Å². The van der Waals surface area contributed by atoms with Crippen molar-refractivity contribution >= 4 is 17.8 Å². The van der Waals surface area contributed by atoms with Gasteiger partial charge in [-0.3, -0.25) is 14.4 Å². The summed E-state index contributed by atoms with van der Waals surface area (Å²) in [6.45, 7) is 6.50. The van der Waals surface area contributed by atoms with E-state index in [4.69, 9.17) is 9.52 Å². The number of rotatable bonds is 7. The predicted molar refractivity (Wildman–Crippen MR) is 79.7 cm³/mol. The van der Waals surface area contributed by atoms with E-state index < -0.39 is 11.9 Å². The van der Waals surface area contributed by atoms with Crippen LogP contribution in [0.2, 0.25) is 0 Å². The Balaban J connectivity index is 2.89. The summed E-state index contributed by atoms with van der Waals surface area (Å²) in [4.78, 5) is 38.3. The van der Waals surface area contributed by atoms with Gasteiger partial charge in [0.2, 0.25) is 5.91 Å². The SMILES string of the molecule is CCN(CC)C(=O)CN(C)C(=O)c1c(C)coc1CC(=O)O. The fourth-order valence-electron chi connectivity index (χ4n) is 2.19. The van der Waals surface area contributed by atoms with Crippen LogP contribution in [-0.4, -0.2) is 59.4 Å². The number of furan rings is 1. The lowest BCUT2D eigenvalue weighted by Gasteiger charge is -2.23. The van der Waals surface area contributed by atoms with Gasteiger partial charge in [-0.05, 0) is 20.8 Å². The van der Waals surface area contributed by atoms with Crippen molar-refractivity contribution in [2.75, 3.05) is 26.7 Å². The number of hydrogen-bond acceptors (Lipinski definition) is 4. The molecule has 0 atom stereocenters. The van der Waals surface area contributed by atoms with Crippen molar-refractivity contribution < 1.29 is 23.9 Å². The summed E-state index contributed by atoms with van der Waals surface area (Å²) >= 11 is 0. The van der Waals surface area contributed by atoms with Crippen molar-refractivity contribution in [3.63, 3.8) is 0 Å². The zero-order chi connectivity index (χ0) is 16.9. The lowest BCUT2D eigenvalue weighted by Crippen LogP contribution is -2.41. The number of carboxylic acid groups (broad SMARTS) is 1. The van der Waals surface area contributed by atoms with Crippen LogP contribution in [0.4, 0.5) is 0 Å². The molecule has 0 aliphatic carbocycles. The van der Waals surface area contributed by atoms with Crippen molar-refractivity contribution in [1.29, 1.82) is 0 Å². The Morgan fingerprint density at radius 2 is 1.82 bits per heavy atom. The number of amides is 2. The van der Waals surface area contributed by atoms with E-state index in [0.29, 0.717) is 18.7 Å². The van der Waals surface area contributed by atoms with E-state index in [9.17, 15) is 14.4 Å². The van der Waals surface area contributed by atoms with Gasteiger partial charge in [0.1, 0.15) is 12.2 Å². The van der Waals surface area contributed by atoms with Gasteiger partial charge in [-0.2, -0.15) is 0 Å². The highest BCUT2D eigenvalue weighted by molar-refractivity contribution is 5.99. The van der Waals surface area contributed by atoms with Gasteiger partial charge >= 0.3 is 5.97 Å². The van der Waals surface area contributed by atoms with Gasteiger partial charge in [-0.15, -0.1) is 0 Å². The Labute approximate surface area is 129 Å². The Kier molecular flexibility index (Phi) is 6.15. The van der Waals surface area contributed by atoms with Gasteiger partial charge in [0, 0.05) is 25.7 Å². The Hall–Kier alpha value is -2.31. The van der Waals surface area contributed by atoms with Crippen molar-refractivity contribution in [3.8, 4) is 0 Å². The number of nitrogens with zero attached hydrogens (tertiary/aromatic N) is 2. The Morgan fingerprint density at radius 3 is 2.32 bits per heavy atom. The highest BCUT2D eigenvalue weighted by atomic mass is 16.4. The second-order valence-electron chi connectivity index (χ2n) is 5.01. The molecular weight excluding hydrogens is 288 g/mol. The molecule has 0 aliphatic heterocycles. The molecule has 22 heavy (non-hydrogen) atoms. The van der Waals surface area contributed by atoms with Crippen LogP contribution in [-0.2, 0) is 16.0 Å². The molecule has 1 heterocycles. The van der Waals surface area contributed by atoms with Crippen molar-refractivity contribution in [2.45, 2.75) is 27.2 Å². The summed E-state index contributed by atoms with van der Waals surface area (Å²) in [5.41, 5.74) is 0.778. The smallest absolute Gasteiger partial charge is 0.311 e. The first-order chi connectivity index (χ1) is 10.3. The molecule has 1 N–H and O–H groups in total. The molecule has 0 radical (unpaired) electrons. The zero-order valence-electron chi connectivity index (χ0n) is 13.4. The van der Waals surface area contributed by atoms with Crippen molar-refractivity contribution in [3.05, 3.63) is 23.2 Å². The van der Waals surface area contributed by atoms with E-state index in [1.165, 1.54) is 18.2 Å². The van der Waals surface area contributed by atoms with E-state index in [1.807, 2.05) is 13.8 Å². The Morgan fingerprint density at radius 1 is 1.23 bits per heavy atom. The maximum atomic E-state index is 12.5. The largest absolute Gasteiger partial charge is 0.481 e. The summed E-state index contributed by atoms with van der Waals surface area (Å²) in [7, 11) is 1.51. The Bertz CT molecular complexity index is 560. The predicted octanol–water partition coefficient (Wildman–Crippen LogP) is 1.16. The molecule has 0 aromatic carbocycles. The van der Waals surface area contributed by atoms with Gasteiger partial charge in [0.25, 0.3) is 5.91 Å². The van der Waals surface area contributed by atoms with Gasteiger partial charge in [-0.25, -0.2) is 0 Å². The van der Waals surface area contributed by atoms with Crippen LogP contribution in [0.3, 0.4) is 0 Å². The number of aliphatic carboxylic acids is 1. The molecule has 1 aromatic heterocycles. The minimum atomic E-state index is -1.08. The maximum absolute atomic E-state index is 12.5. The number of carbonyl (C=O) groups excluding carboxylic acids is 2. The van der Waals surface area contributed by atoms with Gasteiger partial charge in [0.15, 0.2) is 0 Å². The van der Waals surface area contributed by atoms with Gasteiger partial charge < -0.3 is 19.3 Å². The molecule has 0 spiro atoms. The van der Waals surface area contributed by atoms with E-state index >= 15 is 0 Å². The van der Waals surface area contributed by atoms with Crippen LogP contribution in [0.15, 0.2) is 10.7 Å². The molecule has 0 aliphatic rings. The minimum absolute atomic E-state index is 0.0579. The van der Waals surface area contributed by atoms with E-state index in [1.54, 1.807) is 11.8 Å². The van der Waals surface area contributed by atoms with Crippen molar-refractivity contribution in [1.82, 2.24) is 9.80 Å². The third-order valence-corrected chi connectivity index (χ3v) is 3.41. The van der Waals surface area contributed by atoms with Crippen LogP contribution < -0.4 is 0 Å². The molecule has 0 saturated heterocycles. The monoisotopic (exact) mass is 310 g/mol. The number of carboxylic acids is 1. The molecule has 0 saturated carbocycles. The summed E-state index contributed by atoms with van der Waals surface area (Å²) in [6, 6.07) is 0. The normalized spacial score (nSPS) is 10.4. The lowest BCUT2D eigenvalue weighted by molar-refractivity contribution is -0.136. The summed E-state index contributed by atoms with van der Waals surface area (Å²) in [5.74, 6) is -1.54. The molecule has 1 rings (SSSR count). The van der Waals surface area contributed by atoms with Gasteiger partial charge in [-0.1, -0.05) is 0 Å². The van der Waals surface area contributed by atoms with Gasteiger partial charge in [0.05, 0.1) is 18.4 Å². The fourth-order valence-corrected chi connectivity index (χ4v) is 2.19. The molecule has 7 heteroatoms. The molecule has 1 aromatic rings. The number of carbonyl (C=O) groups is 3. The van der Waals surface area contributed by atoms with E-state index in [-0.39, 0.29) is 30.2 Å². The second-order valence-corrected chi connectivity index (χ2v) is 5.01. The highest BCUT2D eigenvalue weighted by Crippen LogP contribution is 2.19. The average Bonchev–Trinajstić information content (AvgIpc) is 2.79. The van der Waals surface area contributed by atoms with E-state index in [0.717, 1.165) is 0 Å². The average molecular weight is 310 g/mol. The first kappa shape index (κ1) is 17.7. The molecule has 0 fully saturated rings. The van der Waals surface area contributed by atoms with E-state index in [2.05, 4.69) is 0 Å². The first-order valence-electron chi connectivity index (χ1n) is 7.13. The molecular formula is C15H22N2O5. The van der Waals surface area contributed by atoms with Crippen LogP contribution in [0.5, 0.6) is 0 Å². The quantitative estimate of drug-likeness (QED) is 0.816. The maximum Gasteiger partial charge on any atom is 0.311 e. The van der Waals surface area contributed by atoms with Crippen LogP contribution in [0.1, 0.15) is 35.5 Å². The summed E-state index contributed by atoms with van der Waals surface area (Å²) in [6.07, 6.45) is 0.984. The fraction of sp³-hybridized carbons (Fsp3) is 0.533. The number of likely N-dealkylation sites (N-methyl/N-ethyl adjacent to an activating group) is 2. The highest BCUT2D eigenvalue weighted by Gasteiger charge is 2.25. The number of hydrogen-bond donors (Lipinski definition) is 1. The summed E-state index contributed by atoms with van der Waals surface area (Å²) in [5, 5.41) is 8.86. The zero-order valence-corrected chi connectivity index (χ0v) is 13.4. The third-order valence-electron chi connectivity index (χ3n) is 3.41. The lowest BCUT2D eigenvalue weighted by atomic mass is 10.1. The summed E-state index contributed by atoms with van der Waals surface area (Å²) < 4.78 is 5.15. The molecule has 0 unspecified atom stereocenters. The number of aryl methyl sites for hydroxylation is 1. The molecule has 7 nitrogen and oxygen atoms in total. The molecule has 0 bridgehead atoms. The molecule has 122 valence electrons. The van der Waals surface area contributed by atoms with Crippen LogP contribution in [0.25, 0.3) is 0 Å². The minimum Gasteiger partial charge on any atom is -0.481 e. The second kappa shape index (κ2) is 7.63. The molecule has 2 amide bonds. The van der Waals surface area contributed by atoms with Crippen molar-refractivity contribution in [2.24, 2.45) is 0 Å².